The van der Waals surface area contributed by atoms with Crippen LogP contribution < -0.4 is 4.74 Å². The summed E-state index contributed by atoms with van der Waals surface area (Å²) in [6.45, 7) is 1.61. The van der Waals surface area contributed by atoms with Crippen LogP contribution >= 0.6 is 0 Å². The third kappa shape index (κ3) is 1.61. The number of ether oxygens (including phenoxy) is 2. The van der Waals surface area contributed by atoms with Crippen LogP contribution in [0.3, 0.4) is 0 Å². The van der Waals surface area contributed by atoms with E-state index < -0.39 is 0 Å². The van der Waals surface area contributed by atoms with Crippen molar-refractivity contribution in [1.82, 2.24) is 0 Å². The lowest BCUT2D eigenvalue weighted by atomic mass is 9.92. The van der Waals surface area contributed by atoms with E-state index in [1.54, 1.807) is 12.1 Å². The zero-order chi connectivity index (χ0) is 10.3. The fourth-order valence-electron chi connectivity index (χ4n) is 2.18. The largest absolute Gasteiger partial charge is 0.490 e. The Bertz CT molecular complexity index is 374. The summed E-state index contributed by atoms with van der Waals surface area (Å²) in [6.07, 6.45) is 2.15. The van der Waals surface area contributed by atoms with Gasteiger partial charge in [-0.3, -0.25) is 0 Å². The number of hydrogen-bond donors (Lipinski definition) is 0. The van der Waals surface area contributed by atoms with Gasteiger partial charge in [0.2, 0.25) is 0 Å². The molecule has 0 bridgehead atoms. The molecule has 2 aliphatic rings. The summed E-state index contributed by atoms with van der Waals surface area (Å²) < 4.78 is 24.0. The molecule has 0 N–H and O–H groups in total. The van der Waals surface area contributed by atoms with Crippen molar-refractivity contribution in [3.05, 3.63) is 29.6 Å². The van der Waals surface area contributed by atoms with Crippen LogP contribution in [0.4, 0.5) is 4.39 Å². The van der Waals surface area contributed by atoms with E-state index in [9.17, 15) is 4.39 Å². The van der Waals surface area contributed by atoms with E-state index in [0.29, 0.717) is 5.92 Å². The average molecular weight is 208 g/mol. The first-order chi connectivity index (χ1) is 7.33. The van der Waals surface area contributed by atoms with E-state index in [4.69, 9.17) is 9.47 Å². The third-order valence-corrected chi connectivity index (χ3v) is 3.19. The van der Waals surface area contributed by atoms with Gasteiger partial charge in [-0.25, -0.2) is 4.39 Å². The van der Waals surface area contributed by atoms with Gasteiger partial charge in [-0.1, -0.05) is 0 Å². The minimum absolute atomic E-state index is 0.178. The Morgan fingerprint density at radius 2 is 2.13 bits per heavy atom. The van der Waals surface area contributed by atoms with Crippen molar-refractivity contribution in [3.8, 4) is 5.75 Å². The predicted molar refractivity (Wildman–Crippen MR) is 53.4 cm³/mol. The molecule has 1 aromatic carbocycles. The van der Waals surface area contributed by atoms with Crippen molar-refractivity contribution < 1.29 is 13.9 Å². The van der Waals surface area contributed by atoms with Crippen LogP contribution in [0.5, 0.6) is 5.75 Å². The second-order valence-corrected chi connectivity index (χ2v) is 4.24. The summed E-state index contributed by atoms with van der Waals surface area (Å²) in [7, 11) is 0. The minimum Gasteiger partial charge on any atom is -0.490 e. The van der Waals surface area contributed by atoms with E-state index in [0.717, 1.165) is 37.4 Å². The maximum Gasteiger partial charge on any atom is 0.123 e. The highest BCUT2D eigenvalue weighted by molar-refractivity contribution is 5.35. The summed E-state index contributed by atoms with van der Waals surface area (Å²) in [5.41, 5.74) is 0.992. The Balaban J connectivity index is 1.80. The van der Waals surface area contributed by atoms with Gasteiger partial charge in [0.1, 0.15) is 17.7 Å². The molecule has 3 heteroatoms. The molecule has 2 aliphatic heterocycles. The molecule has 1 saturated heterocycles. The maximum absolute atomic E-state index is 13.0. The zero-order valence-corrected chi connectivity index (χ0v) is 8.41. The molecule has 0 unspecified atom stereocenters. The molecule has 2 nitrogen and oxygen atoms in total. The number of rotatable bonds is 1. The van der Waals surface area contributed by atoms with Crippen LogP contribution in [0.15, 0.2) is 18.2 Å². The maximum atomic E-state index is 13.0. The van der Waals surface area contributed by atoms with Crippen molar-refractivity contribution in [3.63, 3.8) is 0 Å². The smallest absolute Gasteiger partial charge is 0.123 e. The zero-order valence-electron chi connectivity index (χ0n) is 8.41. The molecule has 0 radical (unpaired) electrons. The Morgan fingerprint density at radius 3 is 2.87 bits per heavy atom. The normalized spacial score (nSPS) is 25.3. The molecule has 0 amide bonds. The predicted octanol–water partition coefficient (Wildman–Crippen LogP) is 2.17. The molecule has 1 aromatic rings. The Morgan fingerprint density at radius 1 is 1.27 bits per heavy atom. The van der Waals surface area contributed by atoms with E-state index in [1.165, 1.54) is 6.07 Å². The first-order valence-corrected chi connectivity index (χ1v) is 5.36. The molecule has 0 saturated carbocycles. The number of aryl methyl sites for hydroxylation is 1. The van der Waals surface area contributed by atoms with Crippen molar-refractivity contribution in [2.75, 3.05) is 13.2 Å². The van der Waals surface area contributed by atoms with Gasteiger partial charge in [-0.15, -0.1) is 0 Å². The van der Waals surface area contributed by atoms with Gasteiger partial charge in [-0.2, -0.15) is 0 Å². The van der Waals surface area contributed by atoms with Crippen LogP contribution in [0.1, 0.15) is 12.0 Å². The summed E-state index contributed by atoms with van der Waals surface area (Å²) >= 11 is 0. The highest BCUT2D eigenvalue weighted by Gasteiger charge is 2.32. The average Bonchev–Trinajstić information content (AvgIpc) is 2.15. The first-order valence-electron chi connectivity index (χ1n) is 5.36. The Hall–Kier alpha value is -1.09. The number of fused-ring (bicyclic) bond motifs is 1. The van der Waals surface area contributed by atoms with Gasteiger partial charge in [0, 0.05) is 5.92 Å². The van der Waals surface area contributed by atoms with Gasteiger partial charge in [0.05, 0.1) is 13.2 Å². The summed E-state index contributed by atoms with van der Waals surface area (Å²) in [4.78, 5) is 0. The first kappa shape index (κ1) is 9.16. The fourth-order valence-corrected chi connectivity index (χ4v) is 2.18. The summed E-state index contributed by atoms with van der Waals surface area (Å²) in [6, 6.07) is 4.76. The lowest BCUT2D eigenvalue weighted by Gasteiger charge is -2.36. The Kier molecular flexibility index (Phi) is 2.13. The molecular weight excluding hydrogens is 195 g/mol. The summed E-state index contributed by atoms with van der Waals surface area (Å²) in [5, 5.41) is 0. The number of halogens is 1. The van der Waals surface area contributed by atoms with Crippen molar-refractivity contribution in [2.24, 2.45) is 5.92 Å². The van der Waals surface area contributed by atoms with Crippen LogP contribution in [0, 0.1) is 11.7 Å². The fraction of sp³-hybridized carbons (Fsp3) is 0.500. The van der Waals surface area contributed by atoms with Gasteiger partial charge >= 0.3 is 0 Å². The molecule has 15 heavy (non-hydrogen) atoms. The van der Waals surface area contributed by atoms with Gasteiger partial charge < -0.3 is 9.47 Å². The topological polar surface area (TPSA) is 18.5 Å². The van der Waals surface area contributed by atoms with Gasteiger partial charge in [0.25, 0.3) is 0 Å². The van der Waals surface area contributed by atoms with Crippen LogP contribution in [0.2, 0.25) is 0 Å². The monoisotopic (exact) mass is 208 g/mol. The minimum atomic E-state index is -0.178. The quantitative estimate of drug-likeness (QED) is 0.704. The third-order valence-electron chi connectivity index (χ3n) is 3.19. The molecular formula is C12H13FO2. The second-order valence-electron chi connectivity index (χ2n) is 4.24. The molecule has 0 aliphatic carbocycles. The number of hydrogen-bond acceptors (Lipinski definition) is 2. The molecule has 2 heterocycles. The van der Waals surface area contributed by atoms with E-state index in [2.05, 4.69) is 0 Å². The molecule has 1 atom stereocenters. The lowest BCUT2D eigenvalue weighted by Crippen LogP contribution is -2.42. The van der Waals surface area contributed by atoms with Crippen LogP contribution in [-0.4, -0.2) is 19.3 Å². The lowest BCUT2D eigenvalue weighted by molar-refractivity contribution is -0.0874. The molecule has 3 rings (SSSR count). The van der Waals surface area contributed by atoms with E-state index in [1.807, 2.05) is 0 Å². The van der Waals surface area contributed by atoms with Crippen molar-refractivity contribution in [2.45, 2.75) is 18.9 Å². The molecule has 0 aromatic heterocycles. The molecule has 80 valence electrons. The molecule has 0 spiro atoms. The summed E-state index contributed by atoms with van der Waals surface area (Å²) in [5.74, 6) is 1.20. The van der Waals surface area contributed by atoms with E-state index in [-0.39, 0.29) is 11.9 Å². The van der Waals surface area contributed by atoms with E-state index >= 15 is 0 Å². The Labute approximate surface area is 88.0 Å². The number of benzene rings is 1. The standard InChI is InChI=1S/C12H13FO2/c13-10-2-4-11-8(5-10)1-3-12(15-11)9-6-14-7-9/h2,4-5,9,12H,1,3,6-7H2/t12-/m1/s1. The van der Waals surface area contributed by atoms with Crippen LogP contribution in [0.25, 0.3) is 0 Å². The molecule has 1 fully saturated rings. The van der Waals surface area contributed by atoms with Crippen molar-refractivity contribution >= 4 is 0 Å². The van der Waals surface area contributed by atoms with Crippen LogP contribution in [-0.2, 0) is 11.2 Å². The highest BCUT2D eigenvalue weighted by Crippen LogP contribution is 2.32. The van der Waals surface area contributed by atoms with Gasteiger partial charge in [0.15, 0.2) is 0 Å². The second kappa shape index (κ2) is 3.49. The SMILES string of the molecule is Fc1ccc2c(c1)CC[C@H](C1COC1)O2. The highest BCUT2D eigenvalue weighted by atomic mass is 19.1. The van der Waals surface area contributed by atoms with Gasteiger partial charge in [-0.05, 0) is 36.6 Å². The van der Waals surface area contributed by atoms with Crippen molar-refractivity contribution in [1.29, 1.82) is 0 Å².